The van der Waals surface area contributed by atoms with Crippen LogP contribution in [0.1, 0.15) is 44.0 Å². The molecular weight excluding hydrogens is 336 g/mol. The zero-order chi connectivity index (χ0) is 19.5. The first-order valence-corrected chi connectivity index (χ1v) is 8.67. The normalized spacial score (nSPS) is 11.2. The van der Waals surface area contributed by atoms with Crippen LogP contribution in [-0.2, 0) is 19.1 Å². The molecule has 6 heteroatoms. The third-order valence-electron chi connectivity index (χ3n) is 3.66. The molecule has 1 aromatic rings. The van der Waals surface area contributed by atoms with E-state index in [1.807, 2.05) is 6.92 Å². The molecule has 0 unspecified atom stereocenters. The molecule has 1 aromatic carbocycles. The van der Waals surface area contributed by atoms with Gasteiger partial charge < -0.3 is 14.2 Å². The summed E-state index contributed by atoms with van der Waals surface area (Å²) in [5, 5.41) is 0. The minimum atomic E-state index is -1.22. The maximum absolute atomic E-state index is 12.6. The maximum Gasteiger partial charge on any atom is 0.324 e. The number of methoxy groups -OCH3 is 1. The van der Waals surface area contributed by atoms with Crippen molar-refractivity contribution in [2.75, 3.05) is 20.3 Å². The summed E-state index contributed by atoms with van der Waals surface area (Å²) in [5.41, 5.74) is 0.865. The van der Waals surface area contributed by atoms with Gasteiger partial charge in [0.2, 0.25) is 0 Å². The third-order valence-corrected chi connectivity index (χ3v) is 3.66. The number of ether oxygens (including phenoxy) is 3. The van der Waals surface area contributed by atoms with Gasteiger partial charge in [0.1, 0.15) is 5.75 Å². The van der Waals surface area contributed by atoms with Crippen molar-refractivity contribution in [3.8, 4) is 5.75 Å². The SMILES string of the molecule is CC/C=C(/CC(=O)c1ccc(OC)cc1)C(C(=O)OCC)C(=O)OCC. The lowest BCUT2D eigenvalue weighted by molar-refractivity contribution is -0.159. The lowest BCUT2D eigenvalue weighted by Crippen LogP contribution is -2.30. The molecule has 142 valence electrons. The molecule has 0 aliphatic heterocycles. The first-order valence-electron chi connectivity index (χ1n) is 8.67. The monoisotopic (exact) mass is 362 g/mol. The predicted octanol–water partition coefficient (Wildman–Crippen LogP) is 3.35. The van der Waals surface area contributed by atoms with E-state index in [2.05, 4.69) is 0 Å². The molecule has 0 radical (unpaired) electrons. The van der Waals surface area contributed by atoms with Crippen molar-refractivity contribution < 1.29 is 28.6 Å². The van der Waals surface area contributed by atoms with Crippen LogP contribution in [0.5, 0.6) is 5.75 Å². The molecule has 0 aromatic heterocycles. The zero-order valence-corrected chi connectivity index (χ0v) is 15.7. The number of allylic oxidation sites excluding steroid dienone is 1. The Morgan fingerprint density at radius 1 is 0.962 bits per heavy atom. The van der Waals surface area contributed by atoms with Gasteiger partial charge in [-0.2, -0.15) is 0 Å². The summed E-state index contributed by atoms with van der Waals surface area (Å²) < 4.78 is 15.1. The average molecular weight is 362 g/mol. The Labute approximate surface area is 154 Å². The molecule has 0 heterocycles. The molecule has 0 spiro atoms. The summed E-state index contributed by atoms with van der Waals surface area (Å²) in [7, 11) is 1.54. The van der Waals surface area contributed by atoms with Crippen molar-refractivity contribution in [1.82, 2.24) is 0 Å². The number of carbonyl (C=O) groups is 3. The highest BCUT2D eigenvalue weighted by Crippen LogP contribution is 2.23. The maximum atomic E-state index is 12.6. The Morgan fingerprint density at radius 3 is 1.92 bits per heavy atom. The fourth-order valence-electron chi connectivity index (χ4n) is 2.47. The molecule has 0 aliphatic rings. The van der Waals surface area contributed by atoms with E-state index in [9.17, 15) is 14.4 Å². The van der Waals surface area contributed by atoms with Gasteiger partial charge in [-0.05, 0) is 50.1 Å². The molecule has 0 bridgehead atoms. The van der Waals surface area contributed by atoms with Crippen LogP contribution < -0.4 is 4.74 Å². The van der Waals surface area contributed by atoms with Gasteiger partial charge in [0, 0.05) is 12.0 Å². The highest BCUT2D eigenvalue weighted by atomic mass is 16.6. The number of rotatable bonds is 10. The van der Waals surface area contributed by atoms with Gasteiger partial charge in [-0.15, -0.1) is 0 Å². The second-order valence-corrected chi connectivity index (χ2v) is 5.45. The standard InChI is InChI=1S/C20H26O6/c1-5-8-15(18(19(22)25-6-2)20(23)26-7-3)13-17(21)14-9-11-16(24-4)12-10-14/h8-12,18H,5-7,13H2,1-4H3/b15-8-. The van der Waals surface area contributed by atoms with Crippen LogP contribution in [0, 0.1) is 5.92 Å². The second kappa shape index (κ2) is 11.1. The number of ketones is 1. The minimum absolute atomic E-state index is 0.0670. The highest BCUT2D eigenvalue weighted by molar-refractivity contribution is 6.02. The summed E-state index contributed by atoms with van der Waals surface area (Å²) >= 11 is 0. The summed E-state index contributed by atoms with van der Waals surface area (Å²) in [5.74, 6) is -2.19. The van der Waals surface area contributed by atoms with Gasteiger partial charge in [0.15, 0.2) is 11.7 Å². The fraction of sp³-hybridized carbons (Fsp3) is 0.450. The number of Topliss-reactive ketones (excluding diaryl/α,β-unsaturated/α-hetero) is 1. The summed E-state index contributed by atoms with van der Waals surface area (Å²) in [6, 6.07) is 6.66. The molecule has 0 fully saturated rings. The molecule has 0 saturated heterocycles. The topological polar surface area (TPSA) is 78.9 Å². The van der Waals surface area contributed by atoms with E-state index in [0.717, 1.165) is 0 Å². The molecule has 1 rings (SSSR count). The predicted molar refractivity (Wildman–Crippen MR) is 97.1 cm³/mol. The largest absolute Gasteiger partial charge is 0.497 e. The van der Waals surface area contributed by atoms with E-state index in [1.165, 1.54) is 0 Å². The Morgan fingerprint density at radius 2 is 1.50 bits per heavy atom. The van der Waals surface area contributed by atoms with Gasteiger partial charge in [-0.25, -0.2) is 0 Å². The molecule has 0 amide bonds. The van der Waals surface area contributed by atoms with E-state index in [1.54, 1.807) is 51.3 Å². The molecule has 0 atom stereocenters. The van der Waals surface area contributed by atoms with Crippen molar-refractivity contribution >= 4 is 17.7 Å². The number of hydrogen-bond acceptors (Lipinski definition) is 6. The van der Waals surface area contributed by atoms with Crippen molar-refractivity contribution in [3.63, 3.8) is 0 Å². The van der Waals surface area contributed by atoms with Crippen LogP contribution >= 0.6 is 0 Å². The van der Waals surface area contributed by atoms with Crippen LogP contribution in [-0.4, -0.2) is 38.0 Å². The van der Waals surface area contributed by atoms with Crippen molar-refractivity contribution in [3.05, 3.63) is 41.5 Å². The first kappa shape index (κ1) is 21.4. The van der Waals surface area contributed by atoms with E-state index >= 15 is 0 Å². The highest BCUT2D eigenvalue weighted by Gasteiger charge is 2.34. The lowest BCUT2D eigenvalue weighted by atomic mass is 9.91. The van der Waals surface area contributed by atoms with Gasteiger partial charge in [-0.3, -0.25) is 14.4 Å². The van der Waals surface area contributed by atoms with Crippen molar-refractivity contribution in [2.45, 2.75) is 33.6 Å². The Bertz CT molecular complexity index is 627. The van der Waals surface area contributed by atoms with E-state index in [4.69, 9.17) is 14.2 Å². The average Bonchev–Trinajstić information content (AvgIpc) is 2.62. The second-order valence-electron chi connectivity index (χ2n) is 5.45. The van der Waals surface area contributed by atoms with Crippen molar-refractivity contribution in [2.24, 2.45) is 5.92 Å². The van der Waals surface area contributed by atoms with Gasteiger partial charge in [-0.1, -0.05) is 13.0 Å². The summed E-state index contributed by atoms with van der Waals surface area (Å²) in [4.78, 5) is 37.2. The zero-order valence-electron chi connectivity index (χ0n) is 15.7. The molecule has 0 N–H and O–H groups in total. The molecular formula is C20H26O6. The third kappa shape index (κ3) is 6.02. The van der Waals surface area contributed by atoms with Crippen LogP contribution in [0.25, 0.3) is 0 Å². The van der Waals surface area contributed by atoms with Gasteiger partial charge in [0.05, 0.1) is 20.3 Å². The van der Waals surface area contributed by atoms with E-state index in [0.29, 0.717) is 23.3 Å². The van der Waals surface area contributed by atoms with Crippen LogP contribution in [0.15, 0.2) is 35.9 Å². The van der Waals surface area contributed by atoms with Gasteiger partial charge in [0.25, 0.3) is 0 Å². The Balaban J connectivity index is 3.08. The molecule has 0 aliphatic carbocycles. The fourth-order valence-corrected chi connectivity index (χ4v) is 2.47. The van der Waals surface area contributed by atoms with Crippen LogP contribution in [0.2, 0.25) is 0 Å². The number of esters is 2. The van der Waals surface area contributed by atoms with E-state index in [-0.39, 0.29) is 25.4 Å². The van der Waals surface area contributed by atoms with Gasteiger partial charge >= 0.3 is 11.9 Å². The van der Waals surface area contributed by atoms with E-state index < -0.39 is 17.9 Å². The summed E-state index contributed by atoms with van der Waals surface area (Å²) in [6.45, 7) is 5.46. The molecule has 26 heavy (non-hydrogen) atoms. The Kier molecular flexibility index (Phi) is 9.12. The van der Waals surface area contributed by atoms with Crippen molar-refractivity contribution in [1.29, 1.82) is 0 Å². The number of carbonyl (C=O) groups excluding carboxylic acids is 3. The van der Waals surface area contributed by atoms with Crippen LogP contribution in [0.4, 0.5) is 0 Å². The summed E-state index contributed by atoms with van der Waals surface area (Å²) in [6.07, 6.45) is 2.21. The molecule has 0 saturated carbocycles. The molecule has 6 nitrogen and oxygen atoms in total. The smallest absolute Gasteiger partial charge is 0.324 e. The lowest BCUT2D eigenvalue weighted by Gasteiger charge is -2.17. The quantitative estimate of drug-likeness (QED) is 0.275. The number of hydrogen-bond donors (Lipinski definition) is 0. The van der Waals surface area contributed by atoms with Crippen LogP contribution in [0.3, 0.4) is 0 Å². The minimum Gasteiger partial charge on any atom is -0.497 e. The number of benzene rings is 1. The first-order chi connectivity index (χ1) is 12.5. The Hall–Kier alpha value is -2.63.